The number of benzene rings is 3. The fourth-order valence-electron chi connectivity index (χ4n) is 10.4. The van der Waals surface area contributed by atoms with Gasteiger partial charge in [0.25, 0.3) is 0 Å². The molecule has 4 bridgehead atoms. The van der Waals surface area contributed by atoms with Crippen LogP contribution in [0.2, 0.25) is 0 Å². The molecule has 7 heterocycles. The highest BCUT2D eigenvalue weighted by atomic mass is 32.2. The summed E-state index contributed by atoms with van der Waals surface area (Å²) in [6.45, 7) is 9.07. The van der Waals surface area contributed by atoms with E-state index in [2.05, 4.69) is 21.2 Å². The van der Waals surface area contributed by atoms with Crippen LogP contribution in [0.25, 0.3) is 0 Å². The van der Waals surface area contributed by atoms with Crippen molar-refractivity contribution in [2.45, 2.75) is 94.1 Å². The summed E-state index contributed by atoms with van der Waals surface area (Å²) in [5, 5.41) is 38.4. The Kier molecular flexibility index (Phi) is 9.35. The van der Waals surface area contributed by atoms with Crippen LogP contribution in [0.3, 0.4) is 0 Å². The van der Waals surface area contributed by atoms with E-state index in [0.717, 1.165) is 16.7 Å². The van der Waals surface area contributed by atoms with E-state index in [-0.39, 0.29) is 48.2 Å². The van der Waals surface area contributed by atoms with Gasteiger partial charge in [-0.3, -0.25) is 15.1 Å². The van der Waals surface area contributed by atoms with Crippen molar-refractivity contribution in [3.8, 4) is 46.3 Å². The van der Waals surface area contributed by atoms with Gasteiger partial charge in [0.15, 0.2) is 40.0 Å². The van der Waals surface area contributed by atoms with Gasteiger partial charge in [0.05, 0.1) is 37.6 Å². The standard InChI is InChI=1S/C43H48N4O11S/c1-19-11-22-12-24-25(15-44)47-26-16-54-40(50)43(23-14-27(52-7)28(13-21(23)9-10-45-43)57-41(51)58-42(3,4)5)17-59-39(31-30(26)38-37(55-18-56-38)20(2)34(31)48)33(47)32(46(24)6)29(22)35(49)36(19)53-8/h11,13-14,24-26,32-33,39,45,48-49H,9-10,12,16-18H2,1-8H3/t24-,25-,26-,32+,33?,39+,43+/m0/s1. The van der Waals surface area contributed by atoms with Crippen LogP contribution in [0, 0.1) is 25.2 Å². The molecule has 2 saturated heterocycles. The zero-order valence-electron chi connectivity index (χ0n) is 34.3. The number of nitrogens with zero attached hydrogens (tertiary/aromatic N) is 3. The van der Waals surface area contributed by atoms with Gasteiger partial charge < -0.3 is 43.4 Å². The molecule has 16 heteroatoms. The monoisotopic (exact) mass is 828 g/mol. The van der Waals surface area contributed by atoms with Crippen LogP contribution in [0.4, 0.5) is 4.79 Å². The Bertz CT molecular complexity index is 2340. The van der Waals surface area contributed by atoms with Gasteiger partial charge in [-0.1, -0.05) is 6.07 Å². The van der Waals surface area contributed by atoms with Gasteiger partial charge in [-0.2, -0.15) is 5.26 Å². The SMILES string of the molecule is COc1cc2c(cc1OC(=O)OC(C)(C)C)CCN[C@]21CS[C@@H]2c3c(O)c(C)c4c(c3[C@H](COC1=O)N1C2[C@H]2c3c(cc(C)c(OC)c3O)C[C@@H]([C@@H]1C#N)N2C)OCO4. The highest BCUT2D eigenvalue weighted by Crippen LogP contribution is 2.64. The Labute approximate surface area is 346 Å². The smallest absolute Gasteiger partial charge is 0.507 e. The molecular formula is C43H48N4O11S. The number of phenolic OH excluding ortho intramolecular Hbond substituents is 2. The van der Waals surface area contributed by atoms with Crippen molar-refractivity contribution in [3.63, 3.8) is 0 Å². The number of phenols is 2. The quantitative estimate of drug-likeness (QED) is 0.226. The van der Waals surface area contributed by atoms with Crippen LogP contribution >= 0.6 is 11.8 Å². The second-order valence-electron chi connectivity index (χ2n) is 17.1. The van der Waals surface area contributed by atoms with E-state index in [9.17, 15) is 25.1 Å². The fourth-order valence-corrected chi connectivity index (χ4v) is 12.0. The second-order valence-corrected chi connectivity index (χ2v) is 18.2. The molecule has 312 valence electrons. The number of thioether (sulfide) groups is 1. The van der Waals surface area contributed by atoms with Gasteiger partial charge in [0, 0.05) is 46.6 Å². The van der Waals surface area contributed by atoms with E-state index in [1.807, 2.05) is 20.0 Å². The molecule has 0 saturated carbocycles. The summed E-state index contributed by atoms with van der Waals surface area (Å²) in [5.74, 6) is 1.30. The minimum absolute atomic E-state index is 0.0370. The largest absolute Gasteiger partial charge is 0.514 e. The molecule has 1 unspecified atom stereocenters. The number of rotatable bonds is 3. The number of hydrogen-bond donors (Lipinski definition) is 3. The topological polar surface area (TPSA) is 182 Å². The molecule has 3 N–H and O–H groups in total. The van der Waals surface area contributed by atoms with Crippen LogP contribution in [0.15, 0.2) is 18.2 Å². The summed E-state index contributed by atoms with van der Waals surface area (Å²) in [7, 11) is 4.98. The number of aryl methyl sites for hydroxylation is 1. The third kappa shape index (κ3) is 5.79. The number of fused-ring (bicyclic) bond motifs is 9. The Morgan fingerprint density at radius 2 is 1.78 bits per heavy atom. The van der Waals surface area contributed by atoms with E-state index in [1.54, 1.807) is 39.8 Å². The number of nitriles is 1. The number of carbonyl (C=O) groups is 2. The first-order valence-electron chi connectivity index (χ1n) is 19.7. The Morgan fingerprint density at radius 3 is 2.49 bits per heavy atom. The van der Waals surface area contributed by atoms with E-state index < -0.39 is 52.7 Å². The third-order valence-corrected chi connectivity index (χ3v) is 14.3. The maximum atomic E-state index is 14.9. The predicted molar refractivity (Wildman–Crippen MR) is 214 cm³/mol. The molecule has 0 radical (unpaired) electrons. The molecule has 15 nitrogen and oxygen atoms in total. The molecule has 2 fully saturated rings. The summed E-state index contributed by atoms with van der Waals surface area (Å²) in [6.07, 6.45) is 0.108. The number of carbonyl (C=O) groups excluding carboxylic acids is 2. The zero-order chi connectivity index (χ0) is 41.9. The number of likely N-dealkylation sites (N-methyl/N-ethyl adjacent to an activating group) is 1. The number of ether oxygens (including phenoxy) is 7. The van der Waals surface area contributed by atoms with Crippen LogP contribution in [-0.4, -0.2) is 103 Å². The lowest BCUT2D eigenvalue weighted by molar-refractivity contribution is -0.157. The number of methoxy groups -OCH3 is 2. The van der Waals surface area contributed by atoms with Gasteiger partial charge in [-0.05, 0) is 88.9 Å². The number of nitrogens with one attached hydrogen (secondary N) is 1. The number of hydrogen-bond acceptors (Lipinski definition) is 16. The number of piperazine rings is 1. The van der Waals surface area contributed by atoms with Crippen LogP contribution < -0.4 is 29.0 Å². The Balaban J connectivity index is 1.24. The first-order valence-corrected chi connectivity index (χ1v) is 20.8. The maximum Gasteiger partial charge on any atom is 0.514 e. The van der Waals surface area contributed by atoms with Crippen molar-refractivity contribution in [2.75, 3.05) is 47.0 Å². The lowest BCUT2D eigenvalue weighted by Crippen LogP contribution is -2.69. The van der Waals surface area contributed by atoms with Crippen LogP contribution in [0.5, 0.6) is 40.2 Å². The summed E-state index contributed by atoms with van der Waals surface area (Å²) >= 11 is 1.46. The molecule has 0 amide bonds. The lowest BCUT2D eigenvalue weighted by Gasteiger charge is -2.62. The molecule has 7 aliphatic heterocycles. The number of esters is 1. The molecule has 10 rings (SSSR count). The van der Waals surface area contributed by atoms with Crippen LogP contribution in [-0.2, 0) is 32.6 Å². The molecule has 0 aliphatic carbocycles. The highest BCUT2D eigenvalue weighted by Gasteiger charge is 2.61. The van der Waals surface area contributed by atoms with Crippen molar-refractivity contribution in [1.82, 2.24) is 15.1 Å². The summed E-state index contributed by atoms with van der Waals surface area (Å²) < 4.78 is 41.1. The van der Waals surface area contributed by atoms with Crippen molar-refractivity contribution in [2.24, 2.45) is 0 Å². The van der Waals surface area contributed by atoms with Crippen molar-refractivity contribution < 1.29 is 53.0 Å². The normalized spacial score (nSPS) is 28.0. The van der Waals surface area contributed by atoms with Crippen molar-refractivity contribution in [1.29, 1.82) is 5.26 Å². The van der Waals surface area contributed by atoms with Gasteiger partial charge in [-0.25, -0.2) is 9.59 Å². The van der Waals surface area contributed by atoms with E-state index in [1.165, 1.54) is 26.0 Å². The molecule has 7 atom stereocenters. The minimum atomic E-state index is -1.41. The first kappa shape index (κ1) is 39.4. The molecule has 3 aromatic rings. The molecule has 7 aliphatic rings. The van der Waals surface area contributed by atoms with Gasteiger partial charge in [-0.15, -0.1) is 11.8 Å². The lowest BCUT2D eigenvalue weighted by atomic mass is 9.71. The molecular weight excluding hydrogens is 781 g/mol. The molecule has 0 aromatic heterocycles. The summed E-state index contributed by atoms with van der Waals surface area (Å²) in [4.78, 5) is 32.0. The molecule has 59 heavy (non-hydrogen) atoms. The zero-order valence-corrected chi connectivity index (χ0v) is 35.1. The molecule has 3 aromatic carbocycles. The van der Waals surface area contributed by atoms with E-state index in [4.69, 9.17) is 33.2 Å². The summed E-state index contributed by atoms with van der Waals surface area (Å²) in [5.41, 5.74) is 3.33. The second kappa shape index (κ2) is 14.0. The average molecular weight is 829 g/mol. The summed E-state index contributed by atoms with van der Waals surface area (Å²) in [6, 6.07) is 5.34. The Morgan fingerprint density at radius 1 is 1.02 bits per heavy atom. The van der Waals surface area contributed by atoms with E-state index >= 15 is 0 Å². The highest BCUT2D eigenvalue weighted by molar-refractivity contribution is 7.99. The minimum Gasteiger partial charge on any atom is -0.507 e. The van der Waals surface area contributed by atoms with E-state index in [0.29, 0.717) is 64.5 Å². The van der Waals surface area contributed by atoms with Gasteiger partial charge >= 0.3 is 12.1 Å². The Hall–Kier alpha value is -5.08. The maximum absolute atomic E-state index is 14.9. The predicted octanol–water partition coefficient (Wildman–Crippen LogP) is 5.38. The van der Waals surface area contributed by atoms with Gasteiger partial charge in [0.1, 0.15) is 24.0 Å². The average Bonchev–Trinajstić information content (AvgIpc) is 3.68. The number of aromatic hydroxyl groups is 2. The first-order chi connectivity index (χ1) is 28.1. The fraction of sp³-hybridized carbons (Fsp3) is 0.512. The van der Waals surface area contributed by atoms with Gasteiger partial charge in [0.2, 0.25) is 6.79 Å². The van der Waals surface area contributed by atoms with Crippen molar-refractivity contribution >= 4 is 23.9 Å². The molecule has 1 spiro atoms. The third-order valence-electron chi connectivity index (χ3n) is 12.8. The van der Waals surface area contributed by atoms with Crippen LogP contribution in [0.1, 0.15) is 82.6 Å². The van der Waals surface area contributed by atoms with Crippen molar-refractivity contribution in [3.05, 3.63) is 62.7 Å².